The van der Waals surface area contributed by atoms with Gasteiger partial charge in [-0.25, -0.2) is 4.98 Å². The molecule has 2 aromatic rings. The molecular formula is C10H9BrN5O3+. The predicted octanol–water partition coefficient (Wildman–Crippen LogP) is 1.16. The summed E-state index contributed by atoms with van der Waals surface area (Å²) in [4.78, 5) is 26.1. The molecule has 0 aliphatic rings. The summed E-state index contributed by atoms with van der Waals surface area (Å²) in [5.74, 6) is -0.318. The van der Waals surface area contributed by atoms with E-state index in [1.54, 1.807) is 19.2 Å². The number of aromatic amines is 1. The molecule has 0 radical (unpaired) electrons. The molecule has 0 aliphatic carbocycles. The average Bonchev–Trinajstić information content (AvgIpc) is 2.74. The summed E-state index contributed by atoms with van der Waals surface area (Å²) < 4.78 is 2.10. The number of halogens is 1. The van der Waals surface area contributed by atoms with Crippen molar-refractivity contribution in [2.45, 2.75) is 0 Å². The zero-order chi connectivity index (χ0) is 14.0. The number of aromatic nitrogens is 3. The lowest BCUT2D eigenvalue weighted by molar-refractivity contribution is -0.727. The first-order chi connectivity index (χ1) is 8.97. The highest BCUT2D eigenvalue weighted by Crippen LogP contribution is 2.16. The lowest BCUT2D eigenvalue weighted by Crippen LogP contribution is -2.30. The van der Waals surface area contributed by atoms with Crippen molar-refractivity contribution in [3.05, 3.63) is 44.8 Å². The number of rotatable bonds is 3. The van der Waals surface area contributed by atoms with E-state index in [0.717, 1.165) is 4.47 Å². The number of hydrogen-bond acceptors (Lipinski definition) is 4. The number of aryl methyl sites for hydroxylation is 1. The second-order valence-corrected chi connectivity index (χ2v) is 4.60. The van der Waals surface area contributed by atoms with Gasteiger partial charge in [0.05, 0.1) is 4.92 Å². The van der Waals surface area contributed by atoms with Gasteiger partial charge < -0.3 is 5.32 Å². The number of anilines is 1. The van der Waals surface area contributed by atoms with Crippen molar-refractivity contribution >= 4 is 33.3 Å². The minimum Gasteiger partial charge on any atom is -0.305 e. The summed E-state index contributed by atoms with van der Waals surface area (Å²) >= 11 is 3.22. The maximum atomic E-state index is 11.9. The molecule has 0 saturated carbocycles. The number of nitro groups is 1. The fraction of sp³-hybridized carbons (Fsp3) is 0.100. The molecule has 2 heterocycles. The highest BCUT2D eigenvalue weighted by atomic mass is 79.9. The Morgan fingerprint density at radius 2 is 2.32 bits per heavy atom. The van der Waals surface area contributed by atoms with Crippen LogP contribution >= 0.6 is 15.9 Å². The lowest BCUT2D eigenvalue weighted by Gasteiger charge is -2.01. The minimum atomic E-state index is -0.625. The third-order valence-corrected chi connectivity index (χ3v) is 2.72. The van der Waals surface area contributed by atoms with Crippen LogP contribution in [0.4, 0.5) is 11.5 Å². The molecule has 2 N–H and O–H groups in total. The molecule has 0 aromatic carbocycles. The third-order valence-electron chi connectivity index (χ3n) is 2.25. The van der Waals surface area contributed by atoms with E-state index in [2.05, 4.69) is 31.3 Å². The number of H-pyrrole nitrogens is 1. The van der Waals surface area contributed by atoms with Gasteiger partial charge in [-0.3, -0.25) is 14.9 Å². The molecule has 8 nitrogen and oxygen atoms in total. The molecule has 0 atom stereocenters. The van der Waals surface area contributed by atoms with Gasteiger partial charge >= 0.3 is 5.69 Å². The average molecular weight is 327 g/mol. The van der Waals surface area contributed by atoms with Crippen molar-refractivity contribution in [3.8, 4) is 0 Å². The van der Waals surface area contributed by atoms with E-state index in [9.17, 15) is 14.9 Å². The Balaban J connectivity index is 2.25. The molecule has 98 valence electrons. The minimum absolute atomic E-state index is 0.128. The molecule has 0 bridgehead atoms. The van der Waals surface area contributed by atoms with Crippen molar-refractivity contribution < 1.29 is 14.4 Å². The fourth-order valence-electron chi connectivity index (χ4n) is 1.45. The van der Waals surface area contributed by atoms with E-state index in [1.165, 1.54) is 17.1 Å². The van der Waals surface area contributed by atoms with Gasteiger partial charge in [-0.2, -0.15) is 5.10 Å². The molecule has 1 amide bonds. The standard InChI is InChI=1S/C10H8BrN5O3/c1-15-5-7(16(18)19)9(14-15)10(17)13-8-3-2-6(11)4-12-8/h2-5H,1H3,(H,12,13,17)/p+1. The largest absolute Gasteiger partial charge is 0.368 e. The summed E-state index contributed by atoms with van der Waals surface area (Å²) in [5, 5.41) is 15.9. The van der Waals surface area contributed by atoms with Gasteiger partial charge in [0.25, 0.3) is 12.1 Å². The van der Waals surface area contributed by atoms with Crippen LogP contribution in [0.3, 0.4) is 0 Å². The maximum Gasteiger partial charge on any atom is 0.368 e. The summed E-state index contributed by atoms with van der Waals surface area (Å²) in [7, 11) is 1.56. The van der Waals surface area contributed by atoms with E-state index in [4.69, 9.17) is 0 Å². The van der Waals surface area contributed by atoms with Gasteiger partial charge in [0.15, 0.2) is 7.05 Å². The van der Waals surface area contributed by atoms with Crippen LogP contribution in [0.2, 0.25) is 0 Å². The number of pyridine rings is 1. The molecule has 0 saturated heterocycles. The molecule has 0 spiro atoms. The molecule has 9 heteroatoms. The second-order valence-electron chi connectivity index (χ2n) is 3.68. The monoisotopic (exact) mass is 326 g/mol. The van der Waals surface area contributed by atoms with E-state index in [1.807, 2.05) is 0 Å². The molecule has 0 aliphatic heterocycles. The van der Waals surface area contributed by atoms with Crippen molar-refractivity contribution in [3.63, 3.8) is 0 Å². The number of nitrogens with one attached hydrogen (secondary N) is 2. The van der Waals surface area contributed by atoms with Gasteiger partial charge in [-0.1, -0.05) is 0 Å². The maximum absolute atomic E-state index is 11.9. The first-order valence-corrected chi connectivity index (χ1v) is 5.92. The summed E-state index contributed by atoms with van der Waals surface area (Å²) in [5.41, 5.74) is -0.422. The Hall–Kier alpha value is -2.29. The fourth-order valence-corrected chi connectivity index (χ4v) is 1.68. The molecule has 2 aromatic heterocycles. The van der Waals surface area contributed by atoms with Gasteiger partial charge in [0, 0.05) is 10.7 Å². The number of amides is 1. The molecule has 2 rings (SSSR count). The highest BCUT2D eigenvalue weighted by Gasteiger charge is 2.28. The zero-order valence-electron chi connectivity index (χ0n) is 9.75. The van der Waals surface area contributed by atoms with Gasteiger partial charge in [0.1, 0.15) is 5.82 Å². The third kappa shape index (κ3) is 2.94. The Morgan fingerprint density at radius 3 is 2.89 bits per heavy atom. The molecule has 0 unspecified atom stereocenters. The first-order valence-electron chi connectivity index (χ1n) is 5.13. The summed E-state index contributed by atoms with van der Waals surface area (Å²) in [6.07, 6.45) is 2.74. The Bertz CT molecular complexity index is 637. The topological polar surface area (TPSA) is 105 Å². The van der Waals surface area contributed by atoms with Gasteiger partial charge in [0.2, 0.25) is 5.69 Å². The quantitative estimate of drug-likeness (QED) is 0.501. The van der Waals surface area contributed by atoms with Crippen LogP contribution in [0.25, 0.3) is 0 Å². The van der Waals surface area contributed by atoms with Crippen LogP contribution in [-0.2, 0) is 7.05 Å². The SMILES string of the molecule is C[n+]1cc([N+](=O)[O-])c(C(=O)Nc2ccc(Br)cn2)[nH]1. The smallest absolute Gasteiger partial charge is 0.305 e. The van der Waals surface area contributed by atoms with Crippen LogP contribution in [0.15, 0.2) is 29.0 Å². The van der Waals surface area contributed by atoms with Crippen LogP contribution in [0.1, 0.15) is 10.5 Å². The Labute approximate surface area is 115 Å². The zero-order valence-corrected chi connectivity index (χ0v) is 11.3. The van der Waals surface area contributed by atoms with E-state index >= 15 is 0 Å². The van der Waals surface area contributed by atoms with Gasteiger partial charge in [-0.15, -0.1) is 4.68 Å². The van der Waals surface area contributed by atoms with Crippen molar-refractivity contribution in [2.24, 2.45) is 7.05 Å². The van der Waals surface area contributed by atoms with Crippen molar-refractivity contribution in [2.75, 3.05) is 5.32 Å². The number of nitrogens with zero attached hydrogens (tertiary/aromatic N) is 3. The molecular weight excluding hydrogens is 318 g/mol. The van der Waals surface area contributed by atoms with Crippen LogP contribution < -0.4 is 10.00 Å². The van der Waals surface area contributed by atoms with Crippen molar-refractivity contribution in [1.82, 2.24) is 10.1 Å². The van der Waals surface area contributed by atoms with E-state index in [-0.39, 0.29) is 11.4 Å². The van der Waals surface area contributed by atoms with Crippen LogP contribution in [-0.4, -0.2) is 20.9 Å². The predicted molar refractivity (Wildman–Crippen MR) is 68.5 cm³/mol. The summed E-state index contributed by atoms with van der Waals surface area (Å²) in [6, 6.07) is 3.28. The summed E-state index contributed by atoms with van der Waals surface area (Å²) in [6.45, 7) is 0. The molecule has 19 heavy (non-hydrogen) atoms. The van der Waals surface area contributed by atoms with Crippen LogP contribution in [0.5, 0.6) is 0 Å². The normalized spacial score (nSPS) is 10.2. The Kier molecular flexibility index (Phi) is 3.56. The van der Waals surface area contributed by atoms with Crippen LogP contribution in [0, 0.1) is 10.1 Å². The van der Waals surface area contributed by atoms with E-state index in [0.29, 0.717) is 5.82 Å². The number of carbonyl (C=O) groups excluding carboxylic acids is 1. The second kappa shape index (κ2) is 5.14. The molecule has 0 fully saturated rings. The van der Waals surface area contributed by atoms with E-state index < -0.39 is 10.8 Å². The number of hydrogen-bond donors (Lipinski definition) is 2. The Morgan fingerprint density at radius 1 is 1.58 bits per heavy atom. The first kappa shape index (κ1) is 13.1. The number of carbonyl (C=O) groups is 1. The highest BCUT2D eigenvalue weighted by molar-refractivity contribution is 9.10. The lowest BCUT2D eigenvalue weighted by atomic mass is 10.3. The van der Waals surface area contributed by atoms with Gasteiger partial charge in [-0.05, 0) is 28.1 Å². The van der Waals surface area contributed by atoms with Crippen molar-refractivity contribution in [1.29, 1.82) is 0 Å².